The molecular formula is C13H11F3N4O. The zero-order valence-electron chi connectivity index (χ0n) is 11.0. The average molecular weight is 296 g/mol. The van der Waals surface area contributed by atoms with E-state index in [-0.39, 0.29) is 16.7 Å². The molecule has 1 aliphatic rings. The first-order valence-corrected chi connectivity index (χ1v) is 6.20. The summed E-state index contributed by atoms with van der Waals surface area (Å²) in [4.78, 5) is 18.8. The molecule has 110 valence electrons. The maximum atomic E-state index is 12.7. The molecule has 1 aromatic heterocycles. The fraction of sp³-hybridized carbons (Fsp3) is 0.308. The molecule has 8 heteroatoms. The van der Waals surface area contributed by atoms with Gasteiger partial charge in [0.1, 0.15) is 11.4 Å². The topological polar surface area (TPSA) is 70.1 Å². The molecule has 0 saturated heterocycles. The van der Waals surface area contributed by atoms with Crippen LogP contribution in [0.25, 0.3) is 10.9 Å². The van der Waals surface area contributed by atoms with Gasteiger partial charge in [-0.3, -0.25) is 10.2 Å². The number of nitrogens with zero attached hydrogens (tertiary/aromatic N) is 2. The third-order valence-electron chi connectivity index (χ3n) is 3.46. The Morgan fingerprint density at radius 3 is 2.71 bits per heavy atom. The Balaban J connectivity index is 2.20. The molecule has 2 aromatic rings. The summed E-state index contributed by atoms with van der Waals surface area (Å²) in [6, 6.07) is 2.89. The molecule has 2 heterocycles. The lowest BCUT2D eigenvalue weighted by molar-refractivity contribution is -0.137. The van der Waals surface area contributed by atoms with Crippen LogP contribution in [0, 0.1) is 0 Å². The van der Waals surface area contributed by atoms with Gasteiger partial charge in [-0.05, 0) is 25.1 Å². The number of aromatic amines is 1. The van der Waals surface area contributed by atoms with Crippen molar-refractivity contribution in [2.75, 3.05) is 0 Å². The molecule has 0 amide bonds. The second kappa shape index (κ2) is 4.31. The van der Waals surface area contributed by atoms with Gasteiger partial charge in [0.15, 0.2) is 0 Å². The van der Waals surface area contributed by atoms with E-state index in [0.717, 1.165) is 18.2 Å². The molecule has 1 aliphatic heterocycles. The maximum Gasteiger partial charge on any atom is 0.416 e. The Labute approximate surface area is 116 Å². The van der Waals surface area contributed by atoms with Gasteiger partial charge in [0.05, 0.1) is 16.5 Å². The first kappa shape index (κ1) is 13.6. The van der Waals surface area contributed by atoms with Crippen molar-refractivity contribution in [2.24, 2.45) is 5.10 Å². The fourth-order valence-electron chi connectivity index (χ4n) is 2.19. The highest BCUT2D eigenvalue weighted by Gasteiger charge is 2.33. The number of hydrazone groups is 1. The van der Waals surface area contributed by atoms with Crippen molar-refractivity contribution in [3.8, 4) is 0 Å². The monoisotopic (exact) mass is 296 g/mol. The van der Waals surface area contributed by atoms with Gasteiger partial charge in [0, 0.05) is 12.6 Å². The van der Waals surface area contributed by atoms with E-state index in [1.54, 1.807) is 13.1 Å². The summed E-state index contributed by atoms with van der Waals surface area (Å²) < 4.78 is 38.2. The molecule has 0 bridgehead atoms. The smallest absolute Gasteiger partial charge is 0.308 e. The normalized spacial score (nSPS) is 21.7. The summed E-state index contributed by atoms with van der Waals surface area (Å²) >= 11 is 0. The number of halogens is 3. The van der Waals surface area contributed by atoms with Crippen molar-refractivity contribution >= 4 is 17.1 Å². The number of alkyl halides is 3. The van der Waals surface area contributed by atoms with E-state index in [1.165, 1.54) is 0 Å². The van der Waals surface area contributed by atoms with Gasteiger partial charge in [-0.1, -0.05) is 0 Å². The number of hydrogen-bond acceptors (Lipinski definition) is 4. The molecule has 1 atom stereocenters. The highest BCUT2D eigenvalue weighted by Crippen LogP contribution is 2.31. The average Bonchev–Trinajstić information content (AvgIpc) is 2.85. The van der Waals surface area contributed by atoms with Crippen LogP contribution < -0.4 is 11.0 Å². The van der Waals surface area contributed by atoms with Gasteiger partial charge >= 0.3 is 6.18 Å². The standard InChI is InChI=1S/C13H11F3N4O/c1-12(4-5-17-20-12)11-18-9-6-7(13(14,15)16)2-3-8(9)10(21)19-11/h2-3,5-6,20H,4H2,1H3,(H,18,19,21). The number of benzene rings is 1. The molecule has 0 spiro atoms. The van der Waals surface area contributed by atoms with Crippen LogP contribution in [0.4, 0.5) is 13.2 Å². The van der Waals surface area contributed by atoms with Gasteiger partial charge in [0.2, 0.25) is 0 Å². The summed E-state index contributed by atoms with van der Waals surface area (Å²) in [5.41, 5.74) is 0.786. The molecule has 1 aromatic carbocycles. The van der Waals surface area contributed by atoms with Crippen LogP contribution in [0.5, 0.6) is 0 Å². The van der Waals surface area contributed by atoms with Crippen molar-refractivity contribution < 1.29 is 13.2 Å². The van der Waals surface area contributed by atoms with Gasteiger partial charge in [-0.15, -0.1) is 0 Å². The second-order valence-corrected chi connectivity index (χ2v) is 5.10. The molecule has 5 nitrogen and oxygen atoms in total. The van der Waals surface area contributed by atoms with Crippen molar-refractivity contribution in [2.45, 2.75) is 25.1 Å². The Morgan fingerprint density at radius 1 is 1.33 bits per heavy atom. The van der Waals surface area contributed by atoms with Gasteiger partial charge < -0.3 is 4.98 Å². The van der Waals surface area contributed by atoms with Gasteiger partial charge in [-0.25, -0.2) is 4.98 Å². The maximum absolute atomic E-state index is 12.7. The summed E-state index contributed by atoms with van der Waals surface area (Å²) in [5.74, 6) is 0.261. The molecule has 1 unspecified atom stereocenters. The number of fused-ring (bicyclic) bond motifs is 1. The quantitative estimate of drug-likeness (QED) is 0.847. The third-order valence-corrected chi connectivity index (χ3v) is 3.46. The molecule has 0 fully saturated rings. The molecule has 0 radical (unpaired) electrons. The Hall–Kier alpha value is -2.38. The van der Waals surface area contributed by atoms with Crippen LogP contribution in [0.2, 0.25) is 0 Å². The van der Waals surface area contributed by atoms with Crippen molar-refractivity contribution in [3.05, 3.63) is 39.9 Å². The predicted molar refractivity (Wildman–Crippen MR) is 71.0 cm³/mol. The first-order chi connectivity index (χ1) is 9.79. The van der Waals surface area contributed by atoms with E-state index in [1.807, 2.05) is 0 Å². The molecule has 3 rings (SSSR count). The molecule has 0 aliphatic carbocycles. The van der Waals surface area contributed by atoms with Crippen LogP contribution in [0.15, 0.2) is 28.1 Å². The second-order valence-electron chi connectivity index (χ2n) is 5.10. The number of nitrogens with one attached hydrogen (secondary N) is 2. The SMILES string of the molecule is CC1(c2nc3cc(C(F)(F)F)ccc3c(=O)[nH]2)CC=NN1. The van der Waals surface area contributed by atoms with Gasteiger partial charge in [0.25, 0.3) is 5.56 Å². The fourth-order valence-corrected chi connectivity index (χ4v) is 2.19. The van der Waals surface area contributed by atoms with E-state index >= 15 is 0 Å². The van der Waals surface area contributed by atoms with Crippen LogP contribution in [-0.2, 0) is 11.7 Å². The van der Waals surface area contributed by atoms with E-state index in [9.17, 15) is 18.0 Å². The summed E-state index contributed by atoms with van der Waals surface area (Å²) in [6.45, 7) is 1.76. The zero-order valence-corrected chi connectivity index (χ0v) is 11.0. The first-order valence-electron chi connectivity index (χ1n) is 6.20. The molecule has 0 saturated carbocycles. The number of H-pyrrole nitrogens is 1. The highest BCUT2D eigenvalue weighted by atomic mass is 19.4. The van der Waals surface area contributed by atoms with Crippen LogP contribution in [0.3, 0.4) is 0 Å². The van der Waals surface area contributed by atoms with Crippen LogP contribution in [-0.4, -0.2) is 16.2 Å². The highest BCUT2D eigenvalue weighted by molar-refractivity contribution is 5.78. The van der Waals surface area contributed by atoms with Crippen LogP contribution >= 0.6 is 0 Å². The molecule has 21 heavy (non-hydrogen) atoms. The van der Waals surface area contributed by atoms with E-state index in [2.05, 4.69) is 20.5 Å². The Kier molecular flexibility index (Phi) is 2.79. The van der Waals surface area contributed by atoms with E-state index < -0.39 is 22.8 Å². The lowest BCUT2D eigenvalue weighted by atomic mass is 9.99. The minimum absolute atomic E-state index is 0.0125. The largest absolute Gasteiger partial charge is 0.416 e. The predicted octanol–water partition coefficient (Wildman–Crippen LogP) is 2.14. The van der Waals surface area contributed by atoms with Crippen LogP contribution in [0.1, 0.15) is 24.7 Å². The molecular weight excluding hydrogens is 285 g/mol. The number of hydrogen-bond donors (Lipinski definition) is 2. The minimum atomic E-state index is -4.47. The van der Waals surface area contributed by atoms with E-state index in [0.29, 0.717) is 6.42 Å². The zero-order chi connectivity index (χ0) is 15.3. The number of aromatic nitrogens is 2. The number of rotatable bonds is 1. The van der Waals surface area contributed by atoms with Crippen molar-refractivity contribution in [1.29, 1.82) is 0 Å². The summed E-state index contributed by atoms with van der Waals surface area (Å²) in [5, 5.41) is 3.98. The van der Waals surface area contributed by atoms with Crippen molar-refractivity contribution in [1.82, 2.24) is 15.4 Å². The lowest BCUT2D eigenvalue weighted by Gasteiger charge is -2.22. The summed E-state index contributed by atoms with van der Waals surface area (Å²) in [7, 11) is 0. The van der Waals surface area contributed by atoms with E-state index in [4.69, 9.17) is 0 Å². The third kappa shape index (κ3) is 2.26. The summed E-state index contributed by atoms with van der Waals surface area (Å²) in [6.07, 6.45) is -2.37. The lowest BCUT2D eigenvalue weighted by Crippen LogP contribution is -2.36. The van der Waals surface area contributed by atoms with Gasteiger partial charge in [-0.2, -0.15) is 18.3 Å². The molecule has 2 N–H and O–H groups in total. The Bertz CT molecular complexity index is 786. The Morgan fingerprint density at radius 2 is 2.10 bits per heavy atom. The van der Waals surface area contributed by atoms with Crippen molar-refractivity contribution in [3.63, 3.8) is 0 Å². The minimum Gasteiger partial charge on any atom is -0.308 e.